The molecule has 0 saturated carbocycles. The molecular formula is C6H9N3O3S. The van der Waals surface area contributed by atoms with Gasteiger partial charge in [-0.25, -0.2) is 13.2 Å². The molecule has 6 nitrogen and oxygen atoms in total. The fourth-order valence-electron chi connectivity index (χ4n) is 1.07. The molecule has 0 aliphatic heterocycles. The first-order chi connectivity index (χ1) is 5.82. The molecule has 0 spiro atoms. The summed E-state index contributed by atoms with van der Waals surface area (Å²) >= 11 is 0. The lowest BCUT2D eigenvalue weighted by Gasteiger charge is -2.04. The first-order valence-corrected chi connectivity index (χ1v) is 5.28. The van der Waals surface area contributed by atoms with E-state index in [0.29, 0.717) is 0 Å². The normalized spacial score (nSPS) is 11.5. The highest BCUT2D eigenvalue weighted by atomic mass is 32.2. The Bertz CT molecular complexity index is 462. The van der Waals surface area contributed by atoms with E-state index in [1.54, 1.807) is 0 Å². The van der Waals surface area contributed by atoms with Crippen LogP contribution in [0, 0.1) is 6.92 Å². The lowest BCUT2D eigenvalue weighted by Crippen LogP contribution is -2.18. The zero-order valence-corrected chi connectivity index (χ0v) is 7.97. The molecule has 0 aliphatic carbocycles. The summed E-state index contributed by atoms with van der Waals surface area (Å²) in [4.78, 5) is 16.2. The van der Waals surface area contributed by atoms with Crippen LogP contribution in [0.25, 0.3) is 0 Å². The third-order valence-electron chi connectivity index (χ3n) is 1.46. The van der Waals surface area contributed by atoms with Crippen molar-refractivity contribution in [2.45, 2.75) is 11.8 Å². The molecule has 72 valence electrons. The lowest BCUT2D eigenvalue weighted by molar-refractivity contribution is 0.600. The minimum absolute atomic E-state index is 0.118. The summed E-state index contributed by atoms with van der Waals surface area (Å²) in [6, 6.07) is 0. The summed E-state index contributed by atoms with van der Waals surface area (Å²) in [7, 11) is -3.44. The number of nitrogens with two attached hydrogens (primary N) is 1. The van der Waals surface area contributed by atoms with Gasteiger partial charge < -0.3 is 10.7 Å². The highest BCUT2D eigenvalue weighted by molar-refractivity contribution is 7.90. The van der Waals surface area contributed by atoms with E-state index in [0.717, 1.165) is 6.26 Å². The second-order valence-electron chi connectivity index (χ2n) is 2.65. The molecule has 3 N–H and O–H groups in total. The van der Waals surface area contributed by atoms with Gasteiger partial charge >= 0.3 is 5.69 Å². The van der Waals surface area contributed by atoms with Crippen LogP contribution in [0.15, 0.2) is 9.69 Å². The largest absolute Gasteiger partial charge is 0.382 e. The van der Waals surface area contributed by atoms with E-state index in [2.05, 4.69) is 9.97 Å². The minimum Gasteiger partial charge on any atom is -0.382 e. The van der Waals surface area contributed by atoms with Gasteiger partial charge in [-0.05, 0) is 6.92 Å². The first-order valence-electron chi connectivity index (χ1n) is 3.39. The van der Waals surface area contributed by atoms with Crippen LogP contribution in [0.3, 0.4) is 0 Å². The highest BCUT2D eigenvalue weighted by Crippen LogP contribution is 2.15. The molecule has 0 fully saturated rings. The molecule has 1 rings (SSSR count). The maximum absolute atomic E-state index is 11.1. The van der Waals surface area contributed by atoms with Gasteiger partial charge in [0, 0.05) is 11.9 Å². The van der Waals surface area contributed by atoms with Crippen molar-refractivity contribution in [3.63, 3.8) is 0 Å². The molecule has 0 saturated heterocycles. The fourth-order valence-corrected chi connectivity index (χ4v) is 2.10. The molecule has 0 aliphatic rings. The summed E-state index contributed by atoms with van der Waals surface area (Å²) in [5.74, 6) is -0.260. The van der Waals surface area contributed by atoms with E-state index >= 15 is 0 Å². The van der Waals surface area contributed by atoms with Gasteiger partial charge in [-0.2, -0.15) is 4.98 Å². The molecule has 1 heterocycles. The Morgan fingerprint density at radius 1 is 1.46 bits per heavy atom. The molecule has 0 atom stereocenters. The van der Waals surface area contributed by atoms with Crippen LogP contribution in [0.4, 0.5) is 5.82 Å². The van der Waals surface area contributed by atoms with Gasteiger partial charge in [0.25, 0.3) is 0 Å². The van der Waals surface area contributed by atoms with Crippen molar-refractivity contribution in [1.82, 2.24) is 9.97 Å². The highest BCUT2D eigenvalue weighted by Gasteiger charge is 2.16. The van der Waals surface area contributed by atoms with E-state index in [1.165, 1.54) is 6.92 Å². The molecule has 0 radical (unpaired) electrons. The molecule has 13 heavy (non-hydrogen) atoms. The minimum atomic E-state index is -3.44. The maximum atomic E-state index is 11.1. The number of aromatic nitrogens is 2. The van der Waals surface area contributed by atoms with Crippen molar-refractivity contribution in [2.24, 2.45) is 0 Å². The number of hydrogen-bond donors (Lipinski definition) is 2. The second-order valence-corrected chi connectivity index (χ2v) is 4.61. The number of hydrogen-bond acceptors (Lipinski definition) is 5. The summed E-state index contributed by atoms with van der Waals surface area (Å²) in [6.45, 7) is 1.45. The quantitative estimate of drug-likeness (QED) is 0.613. The number of rotatable bonds is 1. The Kier molecular flexibility index (Phi) is 2.12. The molecule has 0 aromatic carbocycles. The lowest BCUT2D eigenvalue weighted by atomic mass is 10.4. The van der Waals surface area contributed by atoms with Crippen molar-refractivity contribution in [3.05, 3.63) is 16.2 Å². The molecule has 0 bridgehead atoms. The van der Waals surface area contributed by atoms with Crippen molar-refractivity contribution < 1.29 is 8.42 Å². The number of aryl methyl sites for hydroxylation is 1. The summed E-state index contributed by atoms with van der Waals surface area (Å²) in [5, 5.41) is 0. The van der Waals surface area contributed by atoms with Crippen LogP contribution in [-0.4, -0.2) is 24.6 Å². The van der Waals surface area contributed by atoms with E-state index < -0.39 is 15.5 Å². The number of nitrogens with zero attached hydrogens (tertiary/aromatic N) is 1. The Labute approximate surface area is 74.7 Å². The number of aromatic amines is 1. The smallest absolute Gasteiger partial charge is 0.347 e. The van der Waals surface area contributed by atoms with Crippen molar-refractivity contribution in [2.75, 3.05) is 12.0 Å². The summed E-state index contributed by atoms with van der Waals surface area (Å²) < 4.78 is 22.3. The van der Waals surface area contributed by atoms with Gasteiger partial charge in [0.15, 0.2) is 9.84 Å². The number of H-pyrrole nitrogens is 1. The Balaban J connectivity index is 3.66. The monoisotopic (exact) mass is 203 g/mol. The number of anilines is 1. The molecular weight excluding hydrogens is 194 g/mol. The van der Waals surface area contributed by atoms with Gasteiger partial charge in [-0.3, -0.25) is 0 Å². The van der Waals surface area contributed by atoms with Gasteiger partial charge in [0.1, 0.15) is 10.7 Å². The average Bonchev–Trinajstić information content (AvgIpc) is 1.78. The maximum Gasteiger partial charge on any atom is 0.347 e. The van der Waals surface area contributed by atoms with E-state index in [-0.39, 0.29) is 16.4 Å². The predicted molar refractivity (Wildman–Crippen MR) is 47.1 cm³/mol. The number of nitrogen functional groups attached to an aromatic ring is 1. The zero-order chi connectivity index (χ0) is 10.2. The van der Waals surface area contributed by atoms with Crippen LogP contribution in [0.1, 0.15) is 5.69 Å². The third-order valence-corrected chi connectivity index (χ3v) is 2.72. The van der Waals surface area contributed by atoms with Crippen molar-refractivity contribution in [1.29, 1.82) is 0 Å². The molecule has 1 aromatic heterocycles. The van der Waals surface area contributed by atoms with Crippen LogP contribution < -0.4 is 11.4 Å². The van der Waals surface area contributed by atoms with Crippen LogP contribution >= 0.6 is 0 Å². The summed E-state index contributed by atoms with van der Waals surface area (Å²) in [6.07, 6.45) is 1.01. The SMILES string of the molecule is Cc1[nH]c(=O)nc(N)c1S(C)(=O)=O. The third kappa shape index (κ3) is 1.86. The fraction of sp³-hybridized carbons (Fsp3) is 0.333. The molecule has 0 unspecified atom stereocenters. The topological polar surface area (TPSA) is 106 Å². The summed E-state index contributed by atoms with van der Waals surface area (Å²) in [5.41, 5.74) is 4.86. The predicted octanol–water partition coefficient (Wildman–Crippen LogP) is -0.936. The van der Waals surface area contributed by atoms with Crippen LogP contribution in [0.5, 0.6) is 0 Å². The molecule has 0 amide bonds. The number of nitrogens with one attached hydrogen (secondary N) is 1. The first kappa shape index (κ1) is 9.72. The Morgan fingerprint density at radius 2 is 2.00 bits per heavy atom. The van der Waals surface area contributed by atoms with E-state index in [1.807, 2.05) is 0 Å². The van der Waals surface area contributed by atoms with Gasteiger partial charge in [0.05, 0.1) is 0 Å². The zero-order valence-electron chi connectivity index (χ0n) is 7.16. The van der Waals surface area contributed by atoms with Gasteiger partial charge in [-0.1, -0.05) is 0 Å². The van der Waals surface area contributed by atoms with Gasteiger partial charge in [0.2, 0.25) is 0 Å². The van der Waals surface area contributed by atoms with Crippen molar-refractivity contribution in [3.8, 4) is 0 Å². The standard InChI is InChI=1S/C6H9N3O3S/c1-3-4(13(2,11)12)5(7)9-6(10)8-3/h1-2H3,(H3,7,8,9,10). The van der Waals surface area contributed by atoms with Gasteiger partial charge in [-0.15, -0.1) is 0 Å². The van der Waals surface area contributed by atoms with E-state index in [4.69, 9.17) is 5.73 Å². The van der Waals surface area contributed by atoms with Crippen LogP contribution in [-0.2, 0) is 9.84 Å². The average molecular weight is 203 g/mol. The number of sulfone groups is 1. The molecule has 1 aromatic rings. The van der Waals surface area contributed by atoms with Crippen molar-refractivity contribution >= 4 is 15.7 Å². The van der Waals surface area contributed by atoms with E-state index in [9.17, 15) is 13.2 Å². The van der Waals surface area contributed by atoms with Crippen LogP contribution in [0.2, 0.25) is 0 Å². The Hall–Kier alpha value is -1.37. The molecule has 7 heteroatoms. The second kappa shape index (κ2) is 2.84. The Morgan fingerprint density at radius 3 is 2.38 bits per heavy atom.